The van der Waals surface area contributed by atoms with Gasteiger partial charge in [0, 0.05) is 42.5 Å². The summed E-state index contributed by atoms with van der Waals surface area (Å²) in [5, 5.41) is 3.66. The number of aromatic nitrogens is 2. The number of carbonyl (C=O) groups excluding carboxylic acids is 1. The summed E-state index contributed by atoms with van der Waals surface area (Å²) in [7, 11) is 1.40. The number of hydrogen-bond donors (Lipinski definition) is 1. The molecule has 35 heavy (non-hydrogen) atoms. The van der Waals surface area contributed by atoms with Crippen LogP contribution in [0.5, 0.6) is 0 Å². The van der Waals surface area contributed by atoms with Crippen LogP contribution in [0.15, 0.2) is 12.4 Å². The Bertz CT molecular complexity index is 1060. The highest BCUT2D eigenvalue weighted by atomic mass is 32.1. The van der Waals surface area contributed by atoms with Crippen molar-refractivity contribution in [3.63, 3.8) is 0 Å². The Hall–Kier alpha value is -2.14. The number of halogens is 3. The second kappa shape index (κ2) is 9.72. The van der Waals surface area contributed by atoms with Crippen LogP contribution in [0, 0.1) is 11.3 Å². The fraction of sp³-hybridized carbons (Fsp3) is 0.708. The third kappa shape index (κ3) is 5.66. The van der Waals surface area contributed by atoms with E-state index in [1.54, 1.807) is 6.07 Å². The third-order valence-corrected chi connectivity index (χ3v) is 8.90. The van der Waals surface area contributed by atoms with E-state index < -0.39 is 12.6 Å². The first kappa shape index (κ1) is 24.5. The minimum absolute atomic E-state index is 0.213. The maximum Gasteiger partial charge on any atom is 0.407 e. The molecule has 1 unspecified atom stereocenters. The number of nitrogens with one attached hydrogen (secondary N) is 1. The van der Waals surface area contributed by atoms with Crippen molar-refractivity contribution in [2.75, 3.05) is 44.7 Å². The molecular weight excluding hydrogens is 479 g/mol. The van der Waals surface area contributed by atoms with Crippen LogP contribution in [0.3, 0.4) is 0 Å². The molecule has 1 aliphatic carbocycles. The van der Waals surface area contributed by atoms with Gasteiger partial charge >= 0.3 is 12.3 Å². The number of hydrogen-bond acceptors (Lipinski definition) is 7. The van der Waals surface area contributed by atoms with Gasteiger partial charge in [-0.1, -0.05) is 0 Å². The molecular formula is C24H32F3N5O2S. The van der Waals surface area contributed by atoms with Crippen molar-refractivity contribution in [1.82, 2.24) is 20.2 Å². The molecule has 2 aromatic heterocycles. The van der Waals surface area contributed by atoms with Crippen LogP contribution in [-0.4, -0.2) is 73.0 Å². The van der Waals surface area contributed by atoms with E-state index in [0.717, 1.165) is 93.8 Å². The van der Waals surface area contributed by atoms with Gasteiger partial charge in [0.05, 0.1) is 18.9 Å². The molecule has 2 aliphatic heterocycles. The minimum atomic E-state index is -4.23. The summed E-state index contributed by atoms with van der Waals surface area (Å²) < 4.78 is 43.4. The zero-order valence-electron chi connectivity index (χ0n) is 19.9. The molecule has 1 spiro atoms. The first-order chi connectivity index (χ1) is 16.7. The lowest BCUT2D eigenvalue weighted by molar-refractivity contribution is -0.126. The number of amides is 1. The predicted molar refractivity (Wildman–Crippen MR) is 129 cm³/mol. The van der Waals surface area contributed by atoms with Crippen molar-refractivity contribution in [2.24, 2.45) is 11.3 Å². The zero-order chi connectivity index (χ0) is 24.6. The van der Waals surface area contributed by atoms with Crippen LogP contribution in [0.25, 0.3) is 10.2 Å². The topological polar surface area (TPSA) is 70.6 Å². The number of ether oxygens (including phenoxy) is 1. The summed E-state index contributed by atoms with van der Waals surface area (Å²) >= 11 is 1.11. The molecule has 3 aliphatic rings. The van der Waals surface area contributed by atoms with Gasteiger partial charge in [0.2, 0.25) is 0 Å². The number of methoxy groups -OCH3 is 1. The number of carbonyl (C=O) groups is 1. The van der Waals surface area contributed by atoms with Crippen molar-refractivity contribution in [1.29, 1.82) is 0 Å². The molecule has 1 saturated carbocycles. The number of fused-ring (bicyclic) bond motifs is 1. The Morgan fingerprint density at radius 3 is 2.71 bits per heavy atom. The Morgan fingerprint density at radius 1 is 1.20 bits per heavy atom. The molecule has 0 bridgehead atoms. The summed E-state index contributed by atoms with van der Waals surface area (Å²) in [6.45, 7) is 4.99. The lowest BCUT2D eigenvalue weighted by atomic mass is 9.85. The van der Waals surface area contributed by atoms with Gasteiger partial charge in [0.15, 0.2) is 0 Å². The maximum atomic E-state index is 12.9. The number of anilines is 1. The molecule has 4 heterocycles. The van der Waals surface area contributed by atoms with Crippen molar-refractivity contribution in [2.45, 2.75) is 57.2 Å². The molecule has 0 radical (unpaired) electrons. The van der Waals surface area contributed by atoms with E-state index in [1.165, 1.54) is 13.4 Å². The van der Waals surface area contributed by atoms with E-state index in [0.29, 0.717) is 10.7 Å². The molecule has 1 N–H and O–H groups in total. The summed E-state index contributed by atoms with van der Waals surface area (Å²) in [6, 6.07) is 1.84. The highest BCUT2D eigenvalue weighted by molar-refractivity contribution is 7.18. The number of alkyl carbamates (subject to hydrolysis) is 1. The molecule has 192 valence electrons. The monoisotopic (exact) mass is 511 g/mol. The normalized spacial score (nSPS) is 27.7. The molecule has 11 heteroatoms. The predicted octanol–water partition coefficient (Wildman–Crippen LogP) is 4.61. The van der Waals surface area contributed by atoms with Gasteiger partial charge in [-0.05, 0) is 57.1 Å². The summed E-state index contributed by atoms with van der Waals surface area (Å²) in [4.78, 5) is 25.9. The molecule has 2 saturated heterocycles. The molecule has 1 atom stereocenters. The van der Waals surface area contributed by atoms with Crippen molar-refractivity contribution >= 4 is 33.5 Å². The van der Waals surface area contributed by atoms with Crippen LogP contribution < -0.4 is 10.2 Å². The van der Waals surface area contributed by atoms with Gasteiger partial charge in [0.1, 0.15) is 17.0 Å². The smallest absolute Gasteiger partial charge is 0.407 e. The van der Waals surface area contributed by atoms with E-state index in [4.69, 9.17) is 4.74 Å². The average molecular weight is 512 g/mol. The number of nitrogens with zero attached hydrogens (tertiary/aromatic N) is 4. The van der Waals surface area contributed by atoms with E-state index in [1.807, 2.05) is 0 Å². The van der Waals surface area contributed by atoms with Gasteiger partial charge in [-0.25, -0.2) is 14.8 Å². The van der Waals surface area contributed by atoms with Crippen molar-refractivity contribution < 1.29 is 22.7 Å². The van der Waals surface area contributed by atoms with Gasteiger partial charge < -0.3 is 19.9 Å². The van der Waals surface area contributed by atoms with Crippen LogP contribution >= 0.6 is 11.3 Å². The Balaban J connectivity index is 1.17. The largest absolute Gasteiger partial charge is 0.453 e. The number of alkyl halides is 3. The summed E-state index contributed by atoms with van der Waals surface area (Å²) in [6.07, 6.45) is 2.40. The molecule has 0 aromatic carbocycles. The molecule has 2 aromatic rings. The Morgan fingerprint density at radius 2 is 1.97 bits per heavy atom. The van der Waals surface area contributed by atoms with E-state index >= 15 is 0 Å². The van der Waals surface area contributed by atoms with Gasteiger partial charge in [-0.2, -0.15) is 13.2 Å². The van der Waals surface area contributed by atoms with Crippen molar-refractivity contribution in [3.05, 3.63) is 17.3 Å². The summed E-state index contributed by atoms with van der Waals surface area (Å²) in [5.41, 5.74) is 0.214. The molecule has 3 fully saturated rings. The van der Waals surface area contributed by atoms with Crippen molar-refractivity contribution in [3.8, 4) is 0 Å². The lowest BCUT2D eigenvalue weighted by Crippen LogP contribution is -2.40. The molecule has 7 nitrogen and oxygen atoms in total. The highest BCUT2D eigenvalue weighted by Crippen LogP contribution is 2.43. The Kier molecular flexibility index (Phi) is 6.82. The lowest BCUT2D eigenvalue weighted by Gasteiger charge is -2.32. The average Bonchev–Trinajstić information content (AvgIpc) is 3.52. The van der Waals surface area contributed by atoms with E-state index in [2.05, 4.69) is 25.1 Å². The highest BCUT2D eigenvalue weighted by Gasteiger charge is 2.44. The summed E-state index contributed by atoms with van der Waals surface area (Å²) in [5.74, 6) is 1.42. The van der Waals surface area contributed by atoms with Gasteiger partial charge in [-0.3, -0.25) is 0 Å². The molecule has 5 rings (SSSR count). The Labute approximate surface area is 207 Å². The third-order valence-electron chi connectivity index (χ3n) is 7.86. The van der Waals surface area contributed by atoms with Crippen LogP contribution in [-0.2, 0) is 11.2 Å². The van der Waals surface area contributed by atoms with E-state index in [9.17, 15) is 18.0 Å². The standard InChI is InChI=1S/C24H32F3N5O2S/c1-34-22(33)30-17-4-2-16(3-5-17)12-31-8-6-23(13-31)7-9-32(14-23)20-19-10-18(11-24(25,26)27)35-21(19)29-15-28-20/h10,15-17H,2-9,11-14H2,1H3,(H,30,33)/t16-,17-,23?. The fourth-order valence-electron chi connectivity index (χ4n) is 6.14. The fourth-order valence-corrected chi connectivity index (χ4v) is 7.16. The van der Waals surface area contributed by atoms with Gasteiger partial charge in [-0.15, -0.1) is 11.3 Å². The van der Waals surface area contributed by atoms with Crippen LogP contribution in [0.4, 0.5) is 23.8 Å². The van der Waals surface area contributed by atoms with Crippen LogP contribution in [0.1, 0.15) is 43.4 Å². The van der Waals surface area contributed by atoms with Gasteiger partial charge in [0.25, 0.3) is 0 Å². The van der Waals surface area contributed by atoms with Crippen LogP contribution in [0.2, 0.25) is 0 Å². The molecule has 1 amide bonds. The first-order valence-corrected chi connectivity index (χ1v) is 13.2. The van der Waals surface area contributed by atoms with E-state index in [-0.39, 0.29) is 22.4 Å². The number of rotatable bonds is 5. The maximum absolute atomic E-state index is 12.9. The number of thiophene rings is 1. The second-order valence-electron chi connectivity index (χ2n) is 10.4. The SMILES string of the molecule is COC(=O)N[C@H]1CC[C@H](CN2CCC3(CCN(c4ncnc5sc(CC(F)(F)F)cc45)C3)C2)CC1. The quantitative estimate of drug-likeness (QED) is 0.632. The minimum Gasteiger partial charge on any atom is -0.453 e. The first-order valence-electron chi connectivity index (χ1n) is 12.3. The zero-order valence-corrected chi connectivity index (χ0v) is 20.8. The number of likely N-dealkylation sites (tertiary alicyclic amines) is 1. The second-order valence-corrected chi connectivity index (χ2v) is 11.5.